The molecule has 1 aromatic carbocycles. The molecule has 0 unspecified atom stereocenters. The molecule has 0 saturated carbocycles. The van der Waals surface area contributed by atoms with Gasteiger partial charge in [-0.2, -0.15) is 0 Å². The molecule has 1 aromatic heterocycles. The van der Waals surface area contributed by atoms with Crippen LogP contribution in [0.3, 0.4) is 0 Å². The fourth-order valence-electron chi connectivity index (χ4n) is 2.55. The summed E-state index contributed by atoms with van der Waals surface area (Å²) in [6.07, 6.45) is 2.33. The molecule has 6 nitrogen and oxygen atoms in total. The molecule has 2 aromatic rings. The third-order valence-corrected chi connectivity index (χ3v) is 4.09. The van der Waals surface area contributed by atoms with Crippen LogP contribution >= 0.6 is 0 Å². The Morgan fingerprint density at radius 1 is 1.15 bits per heavy atom. The highest BCUT2D eigenvalue weighted by atomic mass is 16.5. The van der Waals surface area contributed by atoms with E-state index in [4.69, 9.17) is 14.2 Å². The van der Waals surface area contributed by atoms with E-state index >= 15 is 0 Å². The molecule has 0 aliphatic heterocycles. The van der Waals surface area contributed by atoms with Gasteiger partial charge in [-0.05, 0) is 42.2 Å². The van der Waals surface area contributed by atoms with Gasteiger partial charge in [0.1, 0.15) is 5.56 Å². The molecule has 6 heteroatoms. The molecule has 0 aliphatic carbocycles. The van der Waals surface area contributed by atoms with Gasteiger partial charge in [0.2, 0.25) is 5.88 Å². The van der Waals surface area contributed by atoms with Crippen LogP contribution in [0.15, 0.2) is 36.5 Å². The van der Waals surface area contributed by atoms with Crippen molar-refractivity contribution in [2.24, 2.45) is 5.92 Å². The summed E-state index contributed by atoms with van der Waals surface area (Å²) in [5.41, 5.74) is 1.54. The Morgan fingerprint density at radius 2 is 1.89 bits per heavy atom. The second-order valence-corrected chi connectivity index (χ2v) is 6.73. The average molecular weight is 372 g/mol. The van der Waals surface area contributed by atoms with Crippen LogP contribution in [-0.2, 0) is 6.42 Å². The van der Waals surface area contributed by atoms with Gasteiger partial charge in [0, 0.05) is 19.8 Å². The predicted molar refractivity (Wildman–Crippen MR) is 105 cm³/mol. The second kappa shape index (κ2) is 9.80. The van der Waals surface area contributed by atoms with Crippen molar-refractivity contribution in [3.63, 3.8) is 0 Å². The molecule has 0 bridgehead atoms. The SMILES string of the molecule is COc1ccc(CCN(C)C(=O)c2cccnc2OCC(C)C)cc1OC. The summed E-state index contributed by atoms with van der Waals surface area (Å²) in [6, 6.07) is 9.27. The van der Waals surface area contributed by atoms with Crippen LogP contribution in [0.5, 0.6) is 17.4 Å². The maximum absolute atomic E-state index is 12.8. The fraction of sp³-hybridized carbons (Fsp3) is 0.429. The number of hydrogen-bond donors (Lipinski definition) is 0. The van der Waals surface area contributed by atoms with Crippen molar-refractivity contribution in [3.05, 3.63) is 47.7 Å². The van der Waals surface area contributed by atoms with Gasteiger partial charge in [0.15, 0.2) is 11.5 Å². The van der Waals surface area contributed by atoms with Crippen molar-refractivity contribution in [3.8, 4) is 17.4 Å². The molecule has 27 heavy (non-hydrogen) atoms. The first-order valence-corrected chi connectivity index (χ1v) is 9.00. The number of likely N-dealkylation sites (N-methyl/N-ethyl adjacent to an activating group) is 1. The van der Waals surface area contributed by atoms with Crippen LogP contribution in [-0.4, -0.2) is 50.2 Å². The largest absolute Gasteiger partial charge is 0.493 e. The molecular formula is C21H28N2O4. The number of hydrogen-bond acceptors (Lipinski definition) is 5. The van der Waals surface area contributed by atoms with Crippen LogP contribution < -0.4 is 14.2 Å². The summed E-state index contributed by atoms with van der Waals surface area (Å²) in [5.74, 6) is 2.00. The van der Waals surface area contributed by atoms with Crippen molar-refractivity contribution < 1.29 is 19.0 Å². The quantitative estimate of drug-likeness (QED) is 0.675. The van der Waals surface area contributed by atoms with Crippen LogP contribution in [0.25, 0.3) is 0 Å². The minimum atomic E-state index is -0.109. The van der Waals surface area contributed by atoms with Gasteiger partial charge >= 0.3 is 0 Å². The molecule has 0 spiro atoms. The van der Waals surface area contributed by atoms with Crippen molar-refractivity contribution in [2.45, 2.75) is 20.3 Å². The molecule has 0 fully saturated rings. The number of amides is 1. The minimum Gasteiger partial charge on any atom is -0.493 e. The van der Waals surface area contributed by atoms with Crippen LogP contribution in [0.2, 0.25) is 0 Å². The fourth-order valence-corrected chi connectivity index (χ4v) is 2.55. The predicted octanol–water partition coefficient (Wildman–Crippen LogP) is 3.45. The summed E-state index contributed by atoms with van der Waals surface area (Å²) in [6.45, 7) is 5.19. The van der Waals surface area contributed by atoms with E-state index in [2.05, 4.69) is 18.8 Å². The summed E-state index contributed by atoms with van der Waals surface area (Å²) in [4.78, 5) is 18.7. The number of ether oxygens (including phenoxy) is 3. The van der Waals surface area contributed by atoms with Gasteiger partial charge in [-0.15, -0.1) is 0 Å². The van der Waals surface area contributed by atoms with E-state index in [1.807, 2.05) is 18.2 Å². The molecule has 1 heterocycles. The van der Waals surface area contributed by atoms with E-state index in [0.717, 1.165) is 5.56 Å². The summed E-state index contributed by atoms with van der Waals surface area (Å²) >= 11 is 0. The zero-order valence-corrected chi connectivity index (χ0v) is 16.7. The standard InChI is InChI=1S/C21H28N2O4/c1-15(2)14-27-20-17(7-6-11-22-20)21(24)23(3)12-10-16-8-9-18(25-4)19(13-16)26-5/h6-9,11,13,15H,10,12,14H2,1-5H3. The maximum Gasteiger partial charge on any atom is 0.259 e. The van der Waals surface area contributed by atoms with Crippen molar-refractivity contribution >= 4 is 5.91 Å². The molecule has 1 amide bonds. The number of carbonyl (C=O) groups is 1. The molecule has 2 rings (SSSR count). The normalized spacial score (nSPS) is 10.6. The Kier molecular flexibility index (Phi) is 7.46. The van der Waals surface area contributed by atoms with Gasteiger partial charge in [-0.1, -0.05) is 19.9 Å². The highest BCUT2D eigenvalue weighted by Crippen LogP contribution is 2.27. The maximum atomic E-state index is 12.8. The summed E-state index contributed by atoms with van der Waals surface area (Å²) < 4.78 is 16.3. The van der Waals surface area contributed by atoms with Gasteiger partial charge < -0.3 is 19.1 Å². The molecular weight excluding hydrogens is 344 g/mol. The Labute approximate surface area is 161 Å². The third kappa shape index (κ3) is 5.61. The zero-order chi connectivity index (χ0) is 19.8. The molecule has 0 aliphatic rings. The highest BCUT2D eigenvalue weighted by molar-refractivity contribution is 5.96. The Hall–Kier alpha value is -2.76. The minimum absolute atomic E-state index is 0.109. The van der Waals surface area contributed by atoms with Gasteiger partial charge in [-0.3, -0.25) is 4.79 Å². The number of pyridine rings is 1. The topological polar surface area (TPSA) is 60.9 Å². The van der Waals surface area contributed by atoms with E-state index in [1.165, 1.54) is 0 Å². The third-order valence-electron chi connectivity index (χ3n) is 4.09. The van der Waals surface area contributed by atoms with Crippen LogP contribution in [0.1, 0.15) is 29.8 Å². The first-order chi connectivity index (χ1) is 13.0. The Balaban J connectivity index is 2.04. The van der Waals surface area contributed by atoms with Crippen LogP contribution in [0.4, 0.5) is 0 Å². The van der Waals surface area contributed by atoms with E-state index in [-0.39, 0.29) is 5.91 Å². The lowest BCUT2D eigenvalue weighted by molar-refractivity contribution is 0.0790. The number of rotatable bonds is 9. The van der Waals surface area contributed by atoms with Gasteiger partial charge in [0.25, 0.3) is 5.91 Å². The number of methoxy groups -OCH3 is 2. The number of aromatic nitrogens is 1. The molecule has 0 radical (unpaired) electrons. The monoisotopic (exact) mass is 372 g/mol. The van der Waals surface area contributed by atoms with Gasteiger partial charge in [-0.25, -0.2) is 4.98 Å². The first kappa shape index (κ1) is 20.6. The highest BCUT2D eigenvalue weighted by Gasteiger charge is 2.18. The summed E-state index contributed by atoms with van der Waals surface area (Å²) in [5, 5.41) is 0. The average Bonchev–Trinajstić information content (AvgIpc) is 2.69. The second-order valence-electron chi connectivity index (χ2n) is 6.73. The van der Waals surface area contributed by atoms with E-state index in [1.54, 1.807) is 44.5 Å². The summed E-state index contributed by atoms with van der Waals surface area (Å²) in [7, 11) is 5.00. The molecule has 0 N–H and O–H groups in total. The van der Waals surface area contributed by atoms with Gasteiger partial charge in [0.05, 0.1) is 20.8 Å². The van der Waals surface area contributed by atoms with Crippen molar-refractivity contribution in [1.29, 1.82) is 0 Å². The van der Waals surface area contributed by atoms with E-state index < -0.39 is 0 Å². The molecule has 146 valence electrons. The van der Waals surface area contributed by atoms with Crippen molar-refractivity contribution in [1.82, 2.24) is 9.88 Å². The number of benzene rings is 1. The zero-order valence-electron chi connectivity index (χ0n) is 16.7. The Morgan fingerprint density at radius 3 is 2.56 bits per heavy atom. The lowest BCUT2D eigenvalue weighted by Gasteiger charge is -2.19. The van der Waals surface area contributed by atoms with Crippen molar-refractivity contribution in [2.75, 3.05) is 34.4 Å². The van der Waals surface area contributed by atoms with E-state index in [9.17, 15) is 4.79 Å². The molecule has 0 saturated heterocycles. The first-order valence-electron chi connectivity index (χ1n) is 9.00. The van der Waals surface area contributed by atoms with E-state index in [0.29, 0.717) is 48.4 Å². The Bertz CT molecular complexity index is 762. The number of nitrogens with zero attached hydrogens (tertiary/aromatic N) is 2. The molecule has 0 atom stereocenters. The van der Waals surface area contributed by atoms with Crippen LogP contribution in [0, 0.1) is 5.92 Å². The lowest BCUT2D eigenvalue weighted by atomic mass is 10.1. The lowest BCUT2D eigenvalue weighted by Crippen LogP contribution is -2.29. The smallest absolute Gasteiger partial charge is 0.259 e. The number of carbonyl (C=O) groups excluding carboxylic acids is 1.